The second-order valence-electron chi connectivity index (χ2n) is 4.46. The van der Waals surface area contributed by atoms with Crippen LogP contribution >= 0.6 is 27.3 Å². The highest BCUT2D eigenvalue weighted by atomic mass is 79.9. The van der Waals surface area contributed by atoms with Crippen LogP contribution in [0.4, 0.5) is 0 Å². The summed E-state index contributed by atoms with van der Waals surface area (Å²) in [7, 11) is -1.79. The SMILES string of the molecule is CCCNCCCN(C)S(=O)(=O)NCc1ccc(Br)s1. The van der Waals surface area contributed by atoms with Crippen molar-refractivity contribution in [1.82, 2.24) is 14.3 Å². The van der Waals surface area contributed by atoms with Crippen LogP contribution in [0.5, 0.6) is 0 Å². The molecule has 0 unspecified atom stereocenters. The van der Waals surface area contributed by atoms with Crippen molar-refractivity contribution in [1.29, 1.82) is 0 Å². The first-order valence-electron chi connectivity index (χ1n) is 6.61. The summed E-state index contributed by atoms with van der Waals surface area (Å²) in [6.45, 7) is 4.77. The molecule has 0 spiro atoms. The molecule has 0 bridgehead atoms. The van der Waals surface area contributed by atoms with E-state index >= 15 is 0 Å². The molecule has 1 aromatic rings. The standard InChI is InChI=1S/C12H22BrN3O2S2/c1-3-7-14-8-4-9-16(2)20(17,18)15-10-11-5-6-12(13)19-11/h5-6,14-15H,3-4,7-10H2,1-2H3. The summed E-state index contributed by atoms with van der Waals surface area (Å²) in [4.78, 5) is 0.985. The van der Waals surface area contributed by atoms with Crippen LogP contribution < -0.4 is 10.0 Å². The van der Waals surface area contributed by atoms with Gasteiger partial charge < -0.3 is 5.32 Å². The van der Waals surface area contributed by atoms with Gasteiger partial charge in [-0.3, -0.25) is 0 Å². The first kappa shape index (κ1) is 18.1. The molecule has 2 N–H and O–H groups in total. The van der Waals surface area contributed by atoms with E-state index in [4.69, 9.17) is 0 Å². The minimum atomic E-state index is -3.40. The molecule has 1 heterocycles. The molecule has 1 rings (SSSR count). The van der Waals surface area contributed by atoms with Crippen LogP contribution in [0, 0.1) is 0 Å². The van der Waals surface area contributed by atoms with Crippen molar-refractivity contribution in [3.63, 3.8) is 0 Å². The third-order valence-corrected chi connectivity index (χ3v) is 5.86. The van der Waals surface area contributed by atoms with E-state index in [1.807, 2.05) is 12.1 Å². The maximum absolute atomic E-state index is 12.0. The number of nitrogens with one attached hydrogen (secondary N) is 2. The van der Waals surface area contributed by atoms with E-state index in [0.29, 0.717) is 13.1 Å². The molecule has 0 radical (unpaired) electrons. The van der Waals surface area contributed by atoms with Crippen molar-refractivity contribution in [3.8, 4) is 0 Å². The first-order valence-corrected chi connectivity index (χ1v) is 9.66. The van der Waals surface area contributed by atoms with Crippen LogP contribution in [0.3, 0.4) is 0 Å². The Kier molecular flexibility index (Phi) is 8.23. The average Bonchev–Trinajstić information content (AvgIpc) is 2.82. The van der Waals surface area contributed by atoms with E-state index in [0.717, 1.165) is 34.6 Å². The molecule has 0 aliphatic heterocycles. The lowest BCUT2D eigenvalue weighted by molar-refractivity contribution is 0.444. The smallest absolute Gasteiger partial charge is 0.279 e. The lowest BCUT2D eigenvalue weighted by Gasteiger charge is -2.17. The van der Waals surface area contributed by atoms with Gasteiger partial charge in [-0.05, 0) is 54.0 Å². The molecule has 1 aromatic heterocycles. The normalized spacial score (nSPS) is 12.2. The van der Waals surface area contributed by atoms with Gasteiger partial charge in [0.1, 0.15) is 0 Å². The molecule has 116 valence electrons. The van der Waals surface area contributed by atoms with E-state index in [9.17, 15) is 8.42 Å². The molecular weight excluding hydrogens is 362 g/mol. The summed E-state index contributed by atoms with van der Waals surface area (Å²) in [5.41, 5.74) is 0. The summed E-state index contributed by atoms with van der Waals surface area (Å²) >= 11 is 4.89. The van der Waals surface area contributed by atoms with E-state index < -0.39 is 10.2 Å². The van der Waals surface area contributed by atoms with Crippen molar-refractivity contribution in [2.24, 2.45) is 0 Å². The molecule has 0 saturated carbocycles. The molecule has 8 heteroatoms. The predicted molar refractivity (Wildman–Crippen MR) is 88.2 cm³/mol. The fourth-order valence-electron chi connectivity index (χ4n) is 1.57. The first-order chi connectivity index (χ1) is 9.45. The van der Waals surface area contributed by atoms with Crippen molar-refractivity contribution in [2.45, 2.75) is 26.3 Å². The molecule has 5 nitrogen and oxygen atoms in total. The number of nitrogens with zero attached hydrogens (tertiary/aromatic N) is 1. The molecule has 0 saturated heterocycles. The van der Waals surface area contributed by atoms with Gasteiger partial charge in [0.05, 0.1) is 3.79 Å². The Bertz CT molecular complexity index is 491. The van der Waals surface area contributed by atoms with Gasteiger partial charge in [0.25, 0.3) is 10.2 Å². The summed E-state index contributed by atoms with van der Waals surface area (Å²) in [6.07, 6.45) is 1.90. The second-order valence-corrected chi connectivity index (χ2v) is 8.87. The van der Waals surface area contributed by atoms with Crippen molar-refractivity contribution in [3.05, 3.63) is 20.8 Å². The Labute approximate surface area is 134 Å². The van der Waals surface area contributed by atoms with Gasteiger partial charge in [0.2, 0.25) is 0 Å². The van der Waals surface area contributed by atoms with E-state index in [1.165, 1.54) is 15.6 Å². The molecule has 0 atom stereocenters. The molecule has 0 aliphatic carbocycles. The quantitative estimate of drug-likeness (QED) is 0.608. The average molecular weight is 384 g/mol. The number of thiophene rings is 1. The van der Waals surface area contributed by atoms with Crippen LogP contribution in [0.2, 0.25) is 0 Å². The van der Waals surface area contributed by atoms with Crippen LogP contribution in [0.1, 0.15) is 24.6 Å². The van der Waals surface area contributed by atoms with Gasteiger partial charge in [-0.15, -0.1) is 11.3 Å². The zero-order valence-electron chi connectivity index (χ0n) is 11.9. The second kappa shape index (κ2) is 9.11. The molecule has 0 fully saturated rings. The molecular formula is C12H22BrN3O2S2. The van der Waals surface area contributed by atoms with Gasteiger partial charge in [-0.1, -0.05) is 6.92 Å². The zero-order valence-corrected chi connectivity index (χ0v) is 15.1. The van der Waals surface area contributed by atoms with Crippen LogP contribution in [0.25, 0.3) is 0 Å². The summed E-state index contributed by atoms with van der Waals surface area (Å²) < 4.78 is 29.0. The number of halogens is 1. The predicted octanol–water partition coefficient (Wildman–Crippen LogP) is 2.17. The summed E-state index contributed by atoms with van der Waals surface area (Å²) in [6, 6.07) is 3.82. The van der Waals surface area contributed by atoms with Crippen molar-refractivity contribution < 1.29 is 8.42 Å². The number of hydrogen-bond donors (Lipinski definition) is 2. The van der Waals surface area contributed by atoms with Gasteiger partial charge in [0, 0.05) is 25.0 Å². The monoisotopic (exact) mass is 383 g/mol. The third-order valence-electron chi connectivity index (χ3n) is 2.72. The molecule has 0 aromatic carbocycles. The van der Waals surface area contributed by atoms with E-state index in [-0.39, 0.29) is 0 Å². The molecule has 0 aliphatic rings. The Balaban J connectivity index is 2.31. The maximum Gasteiger partial charge on any atom is 0.279 e. The van der Waals surface area contributed by atoms with E-state index in [1.54, 1.807) is 7.05 Å². The van der Waals surface area contributed by atoms with Crippen molar-refractivity contribution in [2.75, 3.05) is 26.7 Å². The zero-order chi connectivity index (χ0) is 15.0. The molecule has 20 heavy (non-hydrogen) atoms. The fourth-order valence-corrected chi connectivity index (χ4v) is 4.01. The number of hydrogen-bond acceptors (Lipinski definition) is 4. The minimum Gasteiger partial charge on any atom is -0.317 e. The lowest BCUT2D eigenvalue weighted by atomic mass is 10.4. The van der Waals surface area contributed by atoms with Crippen molar-refractivity contribution >= 4 is 37.5 Å². The molecule has 0 amide bonds. The summed E-state index contributed by atoms with van der Waals surface area (Å²) in [5, 5.41) is 3.26. The summed E-state index contributed by atoms with van der Waals surface area (Å²) in [5.74, 6) is 0. The maximum atomic E-state index is 12.0. The highest BCUT2D eigenvalue weighted by Gasteiger charge is 2.16. The minimum absolute atomic E-state index is 0.330. The van der Waals surface area contributed by atoms with E-state index in [2.05, 4.69) is 32.9 Å². The highest BCUT2D eigenvalue weighted by molar-refractivity contribution is 9.11. The van der Waals surface area contributed by atoms with Gasteiger partial charge in [0.15, 0.2) is 0 Å². The Morgan fingerprint density at radius 1 is 1.35 bits per heavy atom. The topological polar surface area (TPSA) is 61.4 Å². The van der Waals surface area contributed by atoms with Crippen LogP contribution in [-0.4, -0.2) is 39.4 Å². The Morgan fingerprint density at radius 2 is 2.10 bits per heavy atom. The van der Waals surface area contributed by atoms with Gasteiger partial charge in [-0.25, -0.2) is 0 Å². The lowest BCUT2D eigenvalue weighted by Crippen LogP contribution is -2.38. The Morgan fingerprint density at radius 3 is 2.70 bits per heavy atom. The number of rotatable bonds is 10. The third kappa shape index (κ3) is 6.64. The van der Waals surface area contributed by atoms with Crippen LogP contribution in [-0.2, 0) is 16.8 Å². The largest absolute Gasteiger partial charge is 0.317 e. The fraction of sp³-hybridized carbons (Fsp3) is 0.667. The van der Waals surface area contributed by atoms with Crippen LogP contribution in [0.15, 0.2) is 15.9 Å². The Hall–Kier alpha value is 0.01000. The van der Waals surface area contributed by atoms with Gasteiger partial charge in [-0.2, -0.15) is 17.4 Å². The van der Waals surface area contributed by atoms with Gasteiger partial charge >= 0.3 is 0 Å². The highest BCUT2D eigenvalue weighted by Crippen LogP contribution is 2.21.